The molecule has 15 heavy (non-hydrogen) atoms. The maximum absolute atomic E-state index is 11.5. The molecule has 4 nitrogen and oxygen atoms in total. The van der Waals surface area contributed by atoms with Gasteiger partial charge in [-0.25, -0.2) is 0 Å². The summed E-state index contributed by atoms with van der Waals surface area (Å²) in [5.41, 5.74) is 5.01. The summed E-state index contributed by atoms with van der Waals surface area (Å²) >= 11 is 0. The van der Waals surface area contributed by atoms with Gasteiger partial charge in [0.2, 0.25) is 5.91 Å². The summed E-state index contributed by atoms with van der Waals surface area (Å²) in [6.07, 6.45) is 5.13. The van der Waals surface area contributed by atoms with Crippen molar-refractivity contribution in [2.45, 2.75) is 44.6 Å². The molecule has 0 unspecified atom stereocenters. The monoisotopic (exact) mass is 214 g/mol. The van der Waals surface area contributed by atoms with Crippen molar-refractivity contribution in [3.63, 3.8) is 0 Å². The number of rotatable bonds is 6. The first kappa shape index (κ1) is 12.5. The van der Waals surface area contributed by atoms with Gasteiger partial charge in [0.15, 0.2) is 0 Å². The molecular formula is C11H22N2O2. The van der Waals surface area contributed by atoms with Gasteiger partial charge in [-0.2, -0.15) is 0 Å². The van der Waals surface area contributed by atoms with E-state index in [-0.39, 0.29) is 5.91 Å². The Labute approximate surface area is 91.5 Å². The Bertz CT molecular complexity index is 201. The fourth-order valence-corrected chi connectivity index (χ4v) is 2.17. The highest BCUT2D eigenvalue weighted by molar-refractivity contribution is 5.84. The molecule has 1 aliphatic carbocycles. The minimum absolute atomic E-state index is 0.210. The minimum atomic E-state index is -0.463. The Hall–Kier alpha value is -0.610. The molecule has 0 aromatic carbocycles. The minimum Gasteiger partial charge on any atom is -0.380 e. The van der Waals surface area contributed by atoms with Crippen LogP contribution in [-0.2, 0) is 9.53 Å². The number of nitrogens with one attached hydrogen (secondary N) is 1. The van der Waals surface area contributed by atoms with Crippen molar-refractivity contribution >= 4 is 5.91 Å². The number of nitrogens with two attached hydrogens (primary N) is 1. The number of carbonyl (C=O) groups excluding carboxylic acids is 1. The molecule has 1 aliphatic rings. The molecule has 0 aromatic rings. The van der Waals surface area contributed by atoms with Crippen molar-refractivity contribution in [2.24, 2.45) is 5.73 Å². The third-order valence-corrected chi connectivity index (χ3v) is 3.09. The smallest absolute Gasteiger partial charge is 0.237 e. The Balaban J connectivity index is 2.39. The van der Waals surface area contributed by atoms with E-state index < -0.39 is 5.54 Å². The van der Waals surface area contributed by atoms with E-state index in [1.54, 1.807) is 0 Å². The fraction of sp³-hybridized carbons (Fsp3) is 0.909. The summed E-state index contributed by atoms with van der Waals surface area (Å²) in [5, 5.41) is 3.27. The van der Waals surface area contributed by atoms with E-state index in [2.05, 4.69) is 5.32 Å². The second-order valence-electron chi connectivity index (χ2n) is 4.13. The van der Waals surface area contributed by atoms with Crippen molar-refractivity contribution in [3.05, 3.63) is 0 Å². The largest absolute Gasteiger partial charge is 0.380 e. The summed E-state index contributed by atoms with van der Waals surface area (Å²) < 4.78 is 5.23. The molecule has 0 spiro atoms. The second-order valence-corrected chi connectivity index (χ2v) is 4.13. The molecule has 1 rings (SSSR count). The maximum atomic E-state index is 11.5. The van der Waals surface area contributed by atoms with Crippen molar-refractivity contribution < 1.29 is 9.53 Å². The number of primary amides is 1. The predicted octanol–water partition coefficient (Wildman–Crippen LogP) is 0.801. The lowest BCUT2D eigenvalue weighted by molar-refractivity contribution is -0.125. The van der Waals surface area contributed by atoms with Gasteiger partial charge in [0.1, 0.15) is 0 Å². The average molecular weight is 214 g/mol. The normalized spacial score (nSPS) is 20.1. The van der Waals surface area contributed by atoms with Gasteiger partial charge >= 0.3 is 0 Å². The van der Waals surface area contributed by atoms with Crippen LogP contribution in [0.1, 0.15) is 39.0 Å². The van der Waals surface area contributed by atoms with Gasteiger partial charge < -0.3 is 15.8 Å². The van der Waals surface area contributed by atoms with Crippen molar-refractivity contribution in [3.8, 4) is 0 Å². The molecule has 1 saturated carbocycles. The van der Waals surface area contributed by atoms with Gasteiger partial charge in [-0.3, -0.25) is 4.79 Å². The van der Waals surface area contributed by atoms with Crippen LogP contribution in [0.2, 0.25) is 0 Å². The lowest BCUT2D eigenvalue weighted by Gasteiger charge is -2.35. The van der Waals surface area contributed by atoms with E-state index in [4.69, 9.17) is 10.5 Å². The molecule has 0 radical (unpaired) electrons. The van der Waals surface area contributed by atoms with Gasteiger partial charge in [0.25, 0.3) is 0 Å². The maximum Gasteiger partial charge on any atom is 0.237 e. The van der Waals surface area contributed by atoms with Crippen LogP contribution in [0.5, 0.6) is 0 Å². The number of ether oxygens (including phenoxy) is 1. The number of hydrogen-bond acceptors (Lipinski definition) is 3. The topological polar surface area (TPSA) is 64.3 Å². The van der Waals surface area contributed by atoms with E-state index >= 15 is 0 Å². The first-order valence-electron chi connectivity index (χ1n) is 5.84. The number of amides is 1. The van der Waals surface area contributed by atoms with E-state index in [9.17, 15) is 4.79 Å². The van der Waals surface area contributed by atoms with Gasteiger partial charge in [0.05, 0.1) is 12.1 Å². The molecule has 3 N–H and O–H groups in total. The molecule has 0 aromatic heterocycles. The van der Waals surface area contributed by atoms with Crippen molar-refractivity contribution in [1.29, 1.82) is 0 Å². The Morgan fingerprint density at radius 2 is 2.07 bits per heavy atom. The van der Waals surface area contributed by atoms with Crippen molar-refractivity contribution in [1.82, 2.24) is 5.32 Å². The first-order chi connectivity index (χ1) is 7.21. The van der Waals surface area contributed by atoms with E-state index in [1.165, 1.54) is 6.42 Å². The van der Waals surface area contributed by atoms with Crippen LogP contribution in [0.4, 0.5) is 0 Å². The van der Waals surface area contributed by atoms with Crippen LogP contribution in [-0.4, -0.2) is 31.2 Å². The number of carbonyl (C=O) groups is 1. The van der Waals surface area contributed by atoms with Crippen LogP contribution in [0.15, 0.2) is 0 Å². The third kappa shape index (κ3) is 3.47. The summed E-state index contributed by atoms with van der Waals surface area (Å²) in [4.78, 5) is 11.5. The Morgan fingerprint density at radius 3 is 2.60 bits per heavy atom. The predicted molar refractivity (Wildman–Crippen MR) is 59.5 cm³/mol. The molecular weight excluding hydrogens is 192 g/mol. The van der Waals surface area contributed by atoms with Gasteiger partial charge in [-0.1, -0.05) is 19.3 Å². The van der Waals surface area contributed by atoms with E-state index in [1.807, 2.05) is 6.92 Å². The van der Waals surface area contributed by atoms with Crippen molar-refractivity contribution in [2.75, 3.05) is 19.8 Å². The van der Waals surface area contributed by atoms with Crippen LogP contribution in [0, 0.1) is 0 Å². The molecule has 88 valence electrons. The van der Waals surface area contributed by atoms with Gasteiger partial charge in [-0.15, -0.1) is 0 Å². The van der Waals surface area contributed by atoms with Crippen LogP contribution < -0.4 is 11.1 Å². The molecule has 0 heterocycles. The summed E-state index contributed by atoms with van der Waals surface area (Å²) in [6.45, 7) is 4.03. The highest BCUT2D eigenvalue weighted by Crippen LogP contribution is 2.27. The van der Waals surface area contributed by atoms with E-state index in [0.717, 1.165) is 25.7 Å². The average Bonchev–Trinajstić information content (AvgIpc) is 2.26. The molecule has 0 aliphatic heterocycles. The third-order valence-electron chi connectivity index (χ3n) is 3.09. The first-order valence-corrected chi connectivity index (χ1v) is 5.84. The summed E-state index contributed by atoms with van der Waals surface area (Å²) in [6, 6.07) is 0. The zero-order chi connectivity index (χ0) is 11.1. The molecule has 0 bridgehead atoms. The second kappa shape index (κ2) is 6.08. The van der Waals surface area contributed by atoms with Crippen LogP contribution >= 0.6 is 0 Å². The summed E-state index contributed by atoms with van der Waals surface area (Å²) in [5.74, 6) is -0.210. The molecule has 0 atom stereocenters. The zero-order valence-electron chi connectivity index (χ0n) is 9.55. The van der Waals surface area contributed by atoms with Gasteiger partial charge in [0, 0.05) is 13.2 Å². The van der Waals surface area contributed by atoms with Crippen LogP contribution in [0.3, 0.4) is 0 Å². The highest BCUT2D eigenvalue weighted by atomic mass is 16.5. The number of hydrogen-bond donors (Lipinski definition) is 2. The quantitative estimate of drug-likeness (QED) is 0.643. The van der Waals surface area contributed by atoms with E-state index in [0.29, 0.717) is 19.8 Å². The van der Waals surface area contributed by atoms with Crippen LogP contribution in [0.25, 0.3) is 0 Å². The lowest BCUT2D eigenvalue weighted by atomic mass is 9.81. The summed E-state index contributed by atoms with van der Waals surface area (Å²) in [7, 11) is 0. The molecule has 1 fully saturated rings. The molecule has 1 amide bonds. The molecule has 4 heteroatoms. The van der Waals surface area contributed by atoms with Gasteiger partial charge in [-0.05, 0) is 19.8 Å². The Morgan fingerprint density at radius 1 is 1.40 bits per heavy atom. The lowest BCUT2D eigenvalue weighted by Crippen LogP contribution is -2.57. The Kier molecular flexibility index (Phi) is 5.05. The SMILES string of the molecule is CCOCCNC1(C(N)=O)CCCCC1. The fourth-order valence-electron chi connectivity index (χ4n) is 2.17. The highest BCUT2D eigenvalue weighted by Gasteiger charge is 2.36. The molecule has 0 saturated heterocycles. The zero-order valence-corrected chi connectivity index (χ0v) is 9.55. The standard InChI is InChI=1S/C11H22N2O2/c1-2-15-9-8-13-11(10(12)14)6-4-3-5-7-11/h13H,2-9H2,1H3,(H2,12,14).